The number of aryl methyl sites for hydroxylation is 1. The maximum atomic E-state index is 14.2. The summed E-state index contributed by atoms with van der Waals surface area (Å²) in [5.74, 6) is -0.353. The highest BCUT2D eigenvalue weighted by atomic mass is 32.2. The molecule has 0 saturated carbocycles. The number of allylic oxidation sites excluding steroid dienone is 1. The van der Waals surface area contributed by atoms with Gasteiger partial charge in [-0.15, -0.1) is 5.73 Å². The van der Waals surface area contributed by atoms with Crippen molar-refractivity contribution < 1.29 is 18.1 Å². The van der Waals surface area contributed by atoms with Crippen molar-refractivity contribution >= 4 is 43.5 Å². The minimum Gasteiger partial charge on any atom is -0.493 e. The summed E-state index contributed by atoms with van der Waals surface area (Å²) in [4.78, 5) is 0.101. The molecule has 238 valence electrons. The largest absolute Gasteiger partial charge is 0.493 e. The first-order valence-electron chi connectivity index (χ1n) is 16.0. The van der Waals surface area contributed by atoms with E-state index in [0.29, 0.717) is 28.5 Å². The molecule has 0 amide bonds. The van der Waals surface area contributed by atoms with Crippen molar-refractivity contribution in [1.29, 1.82) is 0 Å². The molecule has 5 nitrogen and oxygen atoms in total. The lowest BCUT2D eigenvalue weighted by Crippen LogP contribution is -2.28. The Kier molecular flexibility index (Phi) is 7.79. The Morgan fingerprint density at radius 2 is 1.35 bits per heavy atom. The van der Waals surface area contributed by atoms with Gasteiger partial charge in [-0.05, 0) is 50.1 Å². The second kappa shape index (κ2) is 12.0. The van der Waals surface area contributed by atoms with Gasteiger partial charge in [0.2, 0.25) is 11.6 Å². The molecule has 1 aromatic heterocycles. The molecule has 1 N–H and O–H groups in total. The van der Waals surface area contributed by atoms with Gasteiger partial charge in [0.25, 0.3) is 10.0 Å². The minimum atomic E-state index is -4.15. The quantitative estimate of drug-likeness (QED) is 0.139. The van der Waals surface area contributed by atoms with Gasteiger partial charge >= 0.3 is 0 Å². The maximum absolute atomic E-state index is 14.2. The number of hydrogen-bond donors (Lipinski definition) is 1. The molecule has 1 aliphatic heterocycles. The highest BCUT2D eigenvalue weighted by Gasteiger charge is 2.44. The molecule has 1 aliphatic rings. The van der Waals surface area contributed by atoms with E-state index < -0.39 is 10.0 Å². The van der Waals surface area contributed by atoms with Gasteiger partial charge in [-0.2, -0.15) is 0 Å². The molecule has 2 heterocycles. The van der Waals surface area contributed by atoms with Gasteiger partial charge in [0.05, 0.1) is 27.8 Å². The summed E-state index contributed by atoms with van der Waals surface area (Å²) >= 11 is 0. The molecule has 0 aliphatic carbocycles. The third-order valence-corrected chi connectivity index (χ3v) is 11.2. The summed E-state index contributed by atoms with van der Waals surface area (Å²) in [6, 6.07) is 42.4. The monoisotopic (exact) mass is 649 g/mol. The van der Waals surface area contributed by atoms with Gasteiger partial charge in [-0.3, -0.25) is 0 Å². The molecular formula is C42H37N2O3S+. The molecule has 0 bridgehead atoms. The van der Waals surface area contributed by atoms with Crippen LogP contribution in [-0.4, -0.2) is 34.8 Å². The third kappa shape index (κ3) is 5.20. The Morgan fingerprint density at radius 3 is 2.02 bits per heavy atom. The molecular weight excluding hydrogens is 613 g/mol. The summed E-state index contributed by atoms with van der Waals surface area (Å²) in [5, 5.41) is 12.7. The first kappa shape index (κ1) is 31.2. The number of aromatic hydroxyl groups is 1. The summed E-state index contributed by atoms with van der Waals surface area (Å²) < 4.78 is 31.7. The van der Waals surface area contributed by atoms with Gasteiger partial charge in [-0.1, -0.05) is 115 Å². The first-order valence-corrected chi connectivity index (χ1v) is 17.5. The molecule has 5 aromatic carbocycles. The molecule has 0 atom stereocenters. The van der Waals surface area contributed by atoms with Crippen molar-refractivity contribution in [3.05, 3.63) is 167 Å². The van der Waals surface area contributed by atoms with Crippen LogP contribution in [-0.2, 0) is 15.4 Å². The number of fused-ring (bicyclic) bond motifs is 2. The van der Waals surface area contributed by atoms with E-state index in [2.05, 4.69) is 67.6 Å². The normalized spacial score (nSPS) is 13.8. The van der Waals surface area contributed by atoms with Crippen molar-refractivity contribution in [3.8, 4) is 5.88 Å². The van der Waals surface area contributed by atoms with Crippen molar-refractivity contribution in [2.24, 2.45) is 0 Å². The lowest BCUT2D eigenvalue weighted by atomic mass is 9.78. The van der Waals surface area contributed by atoms with Crippen molar-refractivity contribution in [2.75, 3.05) is 7.05 Å². The van der Waals surface area contributed by atoms with Crippen LogP contribution in [0.2, 0.25) is 0 Å². The molecule has 0 radical (unpaired) electrons. The fraction of sp³-hybridized carbons (Fsp3) is 0.143. The Hall–Kier alpha value is -5.42. The van der Waals surface area contributed by atoms with Gasteiger partial charge in [0.1, 0.15) is 7.05 Å². The number of para-hydroxylation sites is 2. The van der Waals surface area contributed by atoms with Crippen molar-refractivity contribution in [3.63, 3.8) is 0 Å². The SMILES string of the molecule is Cc1ccc(S(=O)(=O)n2c(O)c(C(=C=C(CC3=[N+](C)c4ccccc4C3(C)C)c3ccccc3)c3ccccc3)c3ccccc32)cc1. The van der Waals surface area contributed by atoms with E-state index in [0.717, 1.165) is 26.2 Å². The summed E-state index contributed by atoms with van der Waals surface area (Å²) in [6.45, 7) is 6.42. The smallest absolute Gasteiger partial charge is 0.271 e. The molecule has 6 heteroatoms. The zero-order chi connectivity index (χ0) is 33.6. The third-order valence-electron chi connectivity index (χ3n) is 9.49. The average Bonchev–Trinajstić information content (AvgIpc) is 3.50. The van der Waals surface area contributed by atoms with E-state index in [9.17, 15) is 13.5 Å². The van der Waals surface area contributed by atoms with E-state index >= 15 is 0 Å². The second-order valence-electron chi connectivity index (χ2n) is 12.8. The van der Waals surface area contributed by atoms with Crippen LogP contribution >= 0.6 is 0 Å². The van der Waals surface area contributed by atoms with Gasteiger partial charge in [0.15, 0.2) is 5.71 Å². The fourth-order valence-electron chi connectivity index (χ4n) is 6.92. The Bertz CT molecular complexity index is 2390. The van der Waals surface area contributed by atoms with E-state index in [1.807, 2.05) is 67.6 Å². The topological polar surface area (TPSA) is 62.3 Å². The van der Waals surface area contributed by atoms with E-state index in [1.165, 1.54) is 17.0 Å². The number of benzene rings is 5. The highest BCUT2D eigenvalue weighted by molar-refractivity contribution is 7.90. The fourth-order valence-corrected chi connectivity index (χ4v) is 8.35. The summed E-state index contributed by atoms with van der Waals surface area (Å²) in [5.41, 5.74) is 12.3. The van der Waals surface area contributed by atoms with Crippen LogP contribution in [0.3, 0.4) is 0 Å². The number of aromatic nitrogens is 1. The number of nitrogens with zero attached hydrogens (tertiary/aromatic N) is 2. The molecule has 0 fully saturated rings. The first-order chi connectivity index (χ1) is 23.1. The molecule has 0 saturated heterocycles. The van der Waals surface area contributed by atoms with Crippen LogP contribution < -0.4 is 0 Å². The minimum absolute atomic E-state index is 0.101. The zero-order valence-electron chi connectivity index (χ0n) is 27.5. The van der Waals surface area contributed by atoms with Gasteiger partial charge in [-0.25, -0.2) is 17.0 Å². The van der Waals surface area contributed by atoms with E-state index in [1.54, 1.807) is 36.4 Å². The van der Waals surface area contributed by atoms with Gasteiger partial charge < -0.3 is 5.11 Å². The maximum Gasteiger partial charge on any atom is 0.271 e. The van der Waals surface area contributed by atoms with E-state index in [-0.39, 0.29) is 16.2 Å². The van der Waals surface area contributed by atoms with Crippen molar-refractivity contribution in [1.82, 2.24) is 3.97 Å². The molecule has 6 aromatic rings. The van der Waals surface area contributed by atoms with Gasteiger partial charge in [0, 0.05) is 28.2 Å². The molecule has 0 unspecified atom stereocenters. The van der Waals surface area contributed by atoms with Crippen LogP contribution in [0.25, 0.3) is 22.0 Å². The van der Waals surface area contributed by atoms with E-state index in [4.69, 9.17) is 0 Å². The zero-order valence-corrected chi connectivity index (χ0v) is 28.3. The van der Waals surface area contributed by atoms with Crippen molar-refractivity contribution in [2.45, 2.75) is 37.5 Å². The Labute approximate surface area is 282 Å². The second-order valence-corrected chi connectivity index (χ2v) is 14.6. The average molecular weight is 650 g/mol. The van der Waals surface area contributed by atoms with Crippen LogP contribution in [0.4, 0.5) is 5.69 Å². The molecule has 7 rings (SSSR count). The van der Waals surface area contributed by atoms with Crippen LogP contribution in [0.1, 0.15) is 48.1 Å². The van der Waals surface area contributed by atoms with Crippen LogP contribution in [0.5, 0.6) is 5.88 Å². The lowest BCUT2D eigenvalue weighted by molar-refractivity contribution is -0.403. The van der Waals surface area contributed by atoms with Crippen LogP contribution in [0.15, 0.2) is 144 Å². The van der Waals surface area contributed by atoms with Crippen LogP contribution in [0, 0.1) is 6.92 Å². The predicted octanol–water partition coefficient (Wildman–Crippen LogP) is 9.10. The summed E-state index contributed by atoms with van der Waals surface area (Å²) in [6.07, 6.45) is 0.583. The lowest BCUT2D eigenvalue weighted by Gasteiger charge is -2.18. The number of hydrogen-bond acceptors (Lipinski definition) is 3. The Balaban J connectivity index is 1.55. The standard InChI is InChI=1S/C42H36N2O3S/c1-29-23-25-33(26-24-29)48(46,47)44-37-21-13-11-19-34(37)40(41(44)45)35(31-17-9-6-10-18-31)27-32(30-15-7-5-8-16-30)28-39-42(2,3)36-20-12-14-22-38(36)43(39)4/h5-26H,28H2,1-4H3/p+1. The summed E-state index contributed by atoms with van der Waals surface area (Å²) in [7, 11) is -2.04. The Morgan fingerprint density at radius 1 is 0.771 bits per heavy atom. The molecule has 48 heavy (non-hydrogen) atoms. The molecule has 0 spiro atoms. The predicted molar refractivity (Wildman–Crippen MR) is 195 cm³/mol. The number of rotatable bonds is 7. The highest BCUT2D eigenvalue weighted by Crippen LogP contribution is 2.44.